The van der Waals surface area contributed by atoms with Gasteiger partial charge in [-0.1, -0.05) is 24.3 Å². The highest BCUT2D eigenvalue weighted by atomic mass is 32.2. The molecule has 8 heteroatoms. The molecule has 27 heavy (non-hydrogen) atoms. The molecule has 2 rings (SSSR count). The van der Waals surface area contributed by atoms with E-state index in [1.807, 2.05) is 18.7 Å². The Hall–Kier alpha value is -1.74. The third-order valence-corrected chi connectivity index (χ3v) is 5.75. The van der Waals surface area contributed by atoms with Crippen LogP contribution in [0.3, 0.4) is 0 Å². The van der Waals surface area contributed by atoms with Crippen LogP contribution in [0.25, 0.3) is 0 Å². The number of nitrogens with zero attached hydrogens (tertiary/aromatic N) is 1. The molecule has 1 heterocycles. The lowest BCUT2D eigenvalue weighted by molar-refractivity contribution is 0.146. The number of hydrogen-bond acceptors (Lipinski definition) is 6. The van der Waals surface area contributed by atoms with Gasteiger partial charge in [-0.05, 0) is 42.7 Å². The van der Waals surface area contributed by atoms with Gasteiger partial charge in [0.2, 0.25) is 0 Å². The molecule has 0 radical (unpaired) electrons. The molecule has 2 aliphatic rings. The van der Waals surface area contributed by atoms with Gasteiger partial charge in [0.25, 0.3) is 0 Å². The molecule has 1 saturated heterocycles. The fourth-order valence-corrected chi connectivity index (χ4v) is 4.00. The van der Waals surface area contributed by atoms with Gasteiger partial charge in [0.05, 0.1) is 31.1 Å². The molecule has 1 atom stereocenters. The summed E-state index contributed by atoms with van der Waals surface area (Å²) in [5.41, 5.74) is 10.7. The number of allylic oxidation sites excluding steroid dienone is 3. The van der Waals surface area contributed by atoms with Crippen LogP contribution in [0.4, 0.5) is 4.39 Å². The number of rotatable bonds is 7. The maximum Gasteiger partial charge on any atom is 0.151 e. The van der Waals surface area contributed by atoms with Gasteiger partial charge in [-0.25, -0.2) is 4.39 Å². The topological polar surface area (TPSA) is 99.6 Å². The first kappa shape index (κ1) is 21.6. The average molecular weight is 397 g/mol. The maximum absolute atomic E-state index is 14.3. The van der Waals surface area contributed by atoms with E-state index in [0.29, 0.717) is 47.1 Å². The number of nitrogens with one attached hydrogen (secondary N) is 1. The van der Waals surface area contributed by atoms with E-state index in [1.54, 1.807) is 12.2 Å². The van der Waals surface area contributed by atoms with E-state index in [-0.39, 0.29) is 24.1 Å². The minimum atomic E-state index is -0.772. The Kier molecular flexibility index (Phi) is 7.55. The third kappa shape index (κ3) is 5.62. The van der Waals surface area contributed by atoms with E-state index in [2.05, 4.69) is 18.6 Å². The van der Waals surface area contributed by atoms with Crippen LogP contribution in [0.2, 0.25) is 0 Å². The van der Waals surface area contributed by atoms with Gasteiger partial charge in [-0.2, -0.15) is 0 Å². The Morgan fingerprint density at radius 2 is 2.07 bits per heavy atom. The molecule has 0 bridgehead atoms. The van der Waals surface area contributed by atoms with Crippen molar-refractivity contribution >= 4 is 11.2 Å². The highest BCUT2D eigenvalue weighted by Crippen LogP contribution is 2.32. The summed E-state index contributed by atoms with van der Waals surface area (Å²) in [6, 6.07) is -0.430. The molecule has 1 fully saturated rings. The fourth-order valence-electron chi connectivity index (χ4n) is 2.95. The van der Waals surface area contributed by atoms with E-state index in [1.165, 1.54) is 0 Å². The lowest BCUT2D eigenvalue weighted by Crippen LogP contribution is -2.41. The normalized spacial score (nSPS) is 22.1. The zero-order chi connectivity index (χ0) is 20.1. The molecule has 0 aromatic heterocycles. The van der Waals surface area contributed by atoms with Crippen LogP contribution in [0.1, 0.15) is 20.3 Å². The first-order valence-electron chi connectivity index (χ1n) is 8.91. The summed E-state index contributed by atoms with van der Waals surface area (Å²) in [6.45, 7) is 13.1. The van der Waals surface area contributed by atoms with Crippen molar-refractivity contribution in [2.75, 3.05) is 24.6 Å². The van der Waals surface area contributed by atoms with Crippen molar-refractivity contribution in [3.8, 4) is 0 Å². The Morgan fingerprint density at radius 3 is 2.63 bits per heavy atom. The molecule has 0 spiro atoms. The van der Waals surface area contributed by atoms with E-state index in [9.17, 15) is 8.94 Å². The van der Waals surface area contributed by atoms with E-state index in [4.69, 9.17) is 16.3 Å². The predicted octanol–water partition coefficient (Wildman–Crippen LogP) is 1.73. The fraction of sp³-hybridized carbons (Fsp3) is 0.474. The van der Waals surface area contributed by atoms with Crippen molar-refractivity contribution in [3.63, 3.8) is 0 Å². The van der Waals surface area contributed by atoms with Crippen molar-refractivity contribution in [1.82, 2.24) is 10.3 Å². The van der Waals surface area contributed by atoms with Gasteiger partial charge in [0.1, 0.15) is 17.3 Å². The maximum atomic E-state index is 14.3. The SMILES string of the molecule is C=C(/C=C(\N)N1CC[S+]([O-])CC1)C(=C)C1=CC(OC(C)C)=C(F)C[C@H]1NN. The van der Waals surface area contributed by atoms with Gasteiger partial charge in [0, 0.05) is 6.42 Å². The zero-order valence-electron chi connectivity index (χ0n) is 16.0. The third-order valence-electron chi connectivity index (χ3n) is 4.48. The quantitative estimate of drug-likeness (QED) is 0.262. The molecule has 0 saturated carbocycles. The van der Waals surface area contributed by atoms with Crippen LogP contribution >= 0.6 is 0 Å². The highest BCUT2D eigenvalue weighted by molar-refractivity contribution is 7.91. The van der Waals surface area contributed by atoms with Gasteiger partial charge in [-0.3, -0.25) is 11.3 Å². The van der Waals surface area contributed by atoms with Crippen LogP contribution < -0.4 is 17.0 Å². The van der Waals surface area contributed by atoms with Gasteiger partial charge in [0.15, 0.2) is 5.76 Å². The Balaban J connectivity index is 2.17. The molecule has 150 valence electrons. The first-order chi connectivity index (χ1) is 12.7. The summed E-state index contributed by atoms with van der Waals surface area (Å²) in [5.74, 6) is 7.19. The Bertz CT molecular complexity index is 679. The number of ether oxygens (including phenoxy) is 1. The monoisotopic (exact) mass is 396 g/mol. The van der Waals surface area contributed by atoms with Crippen LogP contribution in [0, 0.1) is 0 Å². The highest BCUT2D eigenvalue weighted by Gasteiger charge is 2.27. The van der Waals surface area contributed by atoms with Gasteiger partial charge in [-0.15, -0.1) is 0 Å². The van der Waals surface area contributed by atoms with Crippen LogP contribution in [0.15, 0.2) is 59.4 Å². The van der Waals surface area contributed by atoms with Crippen LogP contribution in [-0.2, 0) is 15.9 Å². The first-order valence-corrected chi connectivity index (χ1v) is 10.4. The second kappa shape index (κ2) is 9.45. The molecule has 5 N–H and O–H groups in total. The van der Waals surface area contributed by atoms with E-state index >= 15 is 0 Å². The van der Waals surface area contributed by atoms with E-state index in [0.717, 1.165) is 0 Å². The average Bonchev–Trinajstić information content (AvgIpc) is 2.62. The van der Waals surface area contributed by atoms with Crippen LogP contribution in [-0.4, -0.2) is 46.2 Å². The standard InChI is InChI=1S/C19H29FN4O2S/c1-12(2)26-18-10-15(17(23-22)11-16(18)20)14(4)13(3)9-19(21)24-5-7-27(25)8-6-24/h9-10,12,17,23H,3-8,11,21-22H2,1-2H3/b19-9+/t17-/m1/s1. The van der Waals surface area contributed by atoms with Crippen molar-refractivity contribution < 1.29 is 13.7 Å². The second-order valence-electron chi connectivity index (χ2n) is 6.87. The molecule has 0 aromatic rings. The largest absolute Gasteiger partial charge is 0.616 e. The molecule has 0 amide bonds. The molecular weight excluding hydrogens is 367 g/mol. The molecule has 1 aliphatic carbocycles. The van der Waals surface area contributed by atoms with Crippen molar-refractivity contribution in [2.45, 2.75) is 32.4 Å². The summed E-state index contributed by atoms with van der Waals surface area (Å²) in [4.78, 5) is 1.97. The molecule has 1 aliphatic heterocycles. The number of hydrazine groups is 1. The van der Waals surface area contributed by atoms with Crippen molar-refractivity contribution in [1.29, 1.82) is 0 Å². The molecule has 6 nitrogen and oxygen atoms in total. The van der Waals surface area contributed by atoms with Crippen molar-refractivity contribution in [2.24, 2.45) is 11.6 Å². The van der Waals surface area contributed by atoms with Crippen LogP contribution in [0.5, 0.6) is 0 Å². The summed E-state index contributed by atoms with van der Waals surface area (Å²) < 4.78 is 31.3. The summed E-state index contributed by atoms with van der Waals surface area (Å²) >= 11 is -0.772. The summed E-state index contributed by atoms with van der Waals surface area (Å²) in [6.07, 6.45) is 3.28. The Labute approximate surface area is 163 Å². The number of hydrogen-bond donors (Lipinski definition) is 3. The summed E-state index contributed by atoms with van der Waals surface area (Å²) in [5, 5.41) is 0. The number of nitrogens with two attached hydrogens (primary N) is 2. The second-order valence-corrected chi connectivity index (χ2v) is 8.56. The lowest BCUT2D eigenvalue weighted by Gasteiger charge is -2.30. The van der Waals surface area contributed by atoms with Crippen molar-refractivity contribution in [3.05, 3.63) is 59.4 Å². The van der Waals surface area contributed by atoms with Gasteiger partial charge >= 0.3 is 0 Å². The lowest BCUT2D eigenvalue weighted by atomic mass is 9.88. The number of halogens is 1. The summed E-state index contributed by atoms with van der Waals surface area (Å²) in [7, 11) is 0. The predicted molar refractivity (Wildman–Crippen MR) is 108 cm³/mol. The molecule has 0 aromatic carbocycles. The van der Waals surface area contributed by atoms with Gasteiger partial charge < -0.3 is 19.9 Å². The minimum absolute atomic E-state index is 0.0772. The smallest absolute Gasteiger partial charge is 0.151 e. The van der Waals surface area contributed by atoms with E-state index < -0.39 is 17.2 Å². The Morgan fingerprint density at radius 1 is 1.44 bits per heavy atom. The zero-order valence-corrected chi connectivity index (χ0v) is 16.8. The molecule has 0 unspecified atom stereocenters. The molecular formula is C19H29FN4O2S. The minimum Gasteiger partial charge on any atom is -0.616 e.